The summed E-state index contributed by atoms with van der Waals surface area (Å²) in [6.07, 6.45) is 0.990. The molecular weight excluding hydrogens is 352 g/mol. The Labute approximate surface area is 158 Å². The minimum atomic E-state index is -0.620. The van der Waals surface area contributed by atoms with Gasteiger partial charge < -0.3 is 10.2 Å². The van der Waals surface area contributed by atoms with Crippen molar-refractivity contribution in [3.8, 4) is 0 Å². The molecule has 26 heavy (non-hydrogen) atoms. The number of anilines is 1. The van der Waals surface area contributed by atoms with E-state index in [9.17, 15) is 8.78 Å². The average Bonchev–Trinajstić information content (AvgIpc) is 2.57. The van der Waals surface area contributed by atoms with Crippen molar-refractivity contribution in [3.05, 3.63) is 64.7 Å². The molecule has 1 aliphatic heterocycles. The number of benzene rings is 2. The predicted molar refractivity (Wildman–Crippen MR) is 105 cm³/mol. The molecule has 2 aromatic carbocycles. The molecule has 1 saturated heterocycles. The molecule has 0 bridgehead atoms. The summed E-state index contributed by atoms with van der Waals surface area (Å²) in [4.78, 5) is 4.37. The number of hydrogen-bond donors (Lipinski definition) is 1. The van der Waals surface area contributed by atoms with Crippen molar-refractivity contribution in [1.29, 1.82) is 0 Å². The van der Waals surface area contributed by atoms with E-state index in [0.29, 0.717) is 17.5 Å². The molecule has 1 fully saturated rings. The number of halogens is 2. The normalized spacial score (nSPS) is 15.2. The Bertz CT molecular complexity index is 789. The van der Waals surface area contributed by atoms with Crippen LogP contribution in [0.25, 0.3) is 0 Å². The third-order valence-corrected chi connectivity index (χ3v) is 4.93. The second kappa shape index (κ2) is 8.10. The van der Waals surface area contributed by atoms with Crippen LogP contribution < -0.4 is 5.32 Å². The highest BCUT2D eigenvalue weighted by Gasteiger charge is 2.20. The molecule has 6 heteroatoms. The van der Waals surface area contributed by atoms with E-state index >= 15 is 0 Å². The van der Waals surface area contributed by atoms with Gasteiger partial charge in [-0.15, -0.1) is 0 Å². The summed E-state index contributed by atoms with van der Waals surface area (Å²) in [7, 11) is 0. The molecule has 0 saturated carbocycles. The van der Waals surface area contributed by atoms with Crippen LogP contribution in [-0.2, 0) is 6.54 Å². The molecule has 1 heterocycles. The highest BCUT2D eigenvalue weighted by Crippen LogP contribution is 2.18. The monoisotopic (exact) mass is 375 g/mol. The number of rotatable bonds is 3. The van der Waals surface area contributed by atoms with E-state index in [1.54, 1.807) is 0 Å². The Morgan fingerprint density at radius 3 is 2.54 bits per heavy atom. The molecular formula is C20H23F2N3S. The van der Waals surface area contributed by atoms with Crippen LogP contribution in [0.3, 0.4) is 0 Å². The summed E-state index contributed by atoms with van der Waals surface area (Å²) >= 11 is 5.45. The van der Waals surface area contributed by atoms with Crippen molar-refractivity contribution in [2.75, 3.05) is 25.1 Å². The standard InChI is InChI=1S/C20H23F2N3S/c1-14-4-5-15(2)16(8-14)12-24-6-3-7-25(13-24)20(26)23-19-10-17(21)9-18(22)11-19/h4-5,8-11H,3,6-7,12-13H2,1-2H3,(H,23,26). The molecule has 1 N–H and O–H groups in total. The van der Waals surface area contributed by atoms with Crippen molar-refractivity contribution in [2.45, 2.75) is 26.8 Å². The molecule has 1 aliphatic rings. The molecule has 0 amide bonds. The minimum Gasteiger partial charge on any atom is -0.336 e. The van der Waals surface area contributed by atoms with Gasteiger partial charge in [-0.1, -0.05) is 23.8 Å². The van der Waals surface area contributed by atoms with E-state index < -0.39 is 11.6 Å². The predicted octanol–water partition coefficient (Wildman–Crippen LogP) is 4.44. The van der Waals surface area contributed by atoms with Gasteiger partial charge in [-0.25, -0.2) is 8.78 Å². The van der Waals surface area contributed by atoms with Gasteiger partial charge in [0.15, 0.2) is 5.11 Å². The third kappa shape index (κ3) is 4.77. The molecule has 3 rings (SSSR count). The lowest BCUT2D eigenvalue weighted by molar-refractivity contribution is 0.133. The van der Waals surface area contributed by atoms with Gasteiger partial charge in [0.05, 0.1) is 6.67 Å². The van der Waals surface area contributed by atoms with Crippen molar-refractivity contribution in [1.82, 2.24) is 9.80 Å². The molecule has 0 aromatic heterocycles. The molecule has 2 aromatic rings. The highest BCUT2D eigenvalue weighted by molar-refractivity contribution is 7.80. The smallest absolute Gasteiger partial charge is 0.174 e. The first-order valence-electron chi connectivity index (χ1n) is 8.71. The zero-order chi connectivity index (χ0) is 18.7. The number of aryl methyl sites for hydroxylation is 2. The van der Waals surface area contributed by atoms with E-state index in [1.807, 2.05) is 4.90 Å². The molecule has 0 aliphatic carbocycles. The fourth-order valence-corrected chi connectivity index (χ4v) is 3.47. The summed E-state index contributed by atoms with van der Waals surface area (Å²) < 4.78 is 26.7. The Balaban J connectivity index is 1.64. The van der Waals surface area contributed by atoms with Gasteiger partial charge in [-0.05, 0) is 55.7 Å². The number of thiocarbonyl (C=S) groups is 1. The number of nitrogens with one attached hydrogen (secondary N) is 1. The first-order chi connectivity index (χ1) is 12.4. The lowest BCUT2D eigenvalue weighted by Crippen LogP contribution is -2.48. The average molecular weight is 375 g/mol. The fourth-order valence-electron chi connectivity index (χ4n) is 3.20. The summed E-state index contributed by atoms with van der Waals surface area (Å²) in [6.45, 7) is 7.61. The Morgan fingerprint density at radius 1 is 1.08 bits per heavy atom. The summed E-state index contributed by atoms with van der Waals surface area (Å²) in [5.41, 5.74) is 4.19. The fraction of sp³-hybridized carbons (Fsp3) is 0.350. The van der Waals surface area contributed by atoms with Crippen LogP contribution in [-0.4, -0.2) is 34.7 Å². The summed E-state index contributed by atoms with van der Waals surface area (Å²) in [5.74, 6) is -1.24. The van der Waals surface area contributed by atoms with Gasteiger partial charge in [0.1, 0.15) is 11.6 Å². The second-order valence-corrected chi connectivity index (χ2v) is 7.22. The molecule has 138 valence electrons. The summed E-state index contributed by atoms with van der Waals surface area (Å²) in [5, 5.41) is 3.44. The summed E-state index contributed by atoms with van der Waals surface area (Å²) in [6, 6.07) is 9.83. The number of nitrogens with zero attached hydrogens (tertiary/aromatic N) is 2. The second-order valence-electron chi connectivity index (χ2n) is 6.83. The van der Waals surface area contributed by atoms with Gasteiger partial charge in [0, 0.05) is 31.4 Å². The van der Waals surface area contributed by atoms with Crippen LogP contribution in [0, 0.1) is 25.5 Å². The third-order valence-electron chi connectivity index (χ3n) is 4.57. The van der Waals surface area contributed by atoms with Gasteiger partial charge in [0.25, 0.3) is 0 Å². The highest BCUT2D eigenvalue weighted by atomic mass is 32.1. The maximum atomic E-state index is 13.4. The van der Waals surface area contributed by atoms with Crippen LogP contribution >= 0.6 is 12.2 Å². The van der Waals surface area contributed by atoms with Crippen LogP contribution in [0.4, 0.5) is 14.5 Å². The largest absolute Gasteiger partial charge is 0.336 e. The first-order valence-corrected chi connectivity index (χ1v) is 9.12. The van der Waals surface area contributed by atoms with Crippen LogP contribution in [0.1, 0.15) is 23.1 Å². The van der Waals surface area contributed by atoms with Gasteiger partial charge in [-0.2, -0.15) is 0 Å². The lowest BCUT2D eigenvalue weighted by atomic mass is 10.0. The molecule has 0 radical (unpaired) electrons. The Kier molecular flexibility index (Phi) is 5.84. The molecule has 0 unspecified atom stereocenters. The zero-order valence-electron chi connectivity index (χ0n) is 15.1. The van der Waals surface area contributed by atoms with Crippen LogP contribution in [0.2, 0.25) is 0 Å². The van der Waals surface area contributed by atoms with Crippen molar-refractivity contribution < 1.29 is 8.78 Å². The van der Waals surface area contributed by atoms with Crippen LogP contribution in [0.15, 0.2) is 36.4 Å². The maximum absolute atomic E-state index is 13.4. The first kappa shape index (κ1) is 18.7. The quantitative estimate of drug-likeness (QED) is 0.799. The topological polar surface area (TPSA) is 18.5 Å². The molecule has 0 atom stereocenters. The molecule has 3 nitrogen and oxygen atoms in total. The Hall–Kier alpha value is -2.05. The van der Waals surface area contributed by atoms with Crippen molar-refractivity contribution in [2.24, 2.45) is 0 Å². The number of hydrogen-bond acceptors (Lipinski definition) is 2. The van der Waals surface area contributed by atoms with Gasteiger partial charge in [0.2, 0.25) is 0 Å². The van der Waals surface area contributed by atoms with E-state index in [1.165, 1.54) is 28.8 Å². The zero-order valence-corrected chi connectivity index (χ0v) is 15.9. The van der Waals surface area contributed by atoms with Crippen molar-refractivity contribution >= 4 is 23.0 Å². The SMILES string of the molecule is Cc1ccc(C)c(CN2CCCN(C(=S)Nc3cc(F)cc(F)c3)C2)c1. The molecule has 0 spiro atoms. The van der Waals surface area contributed by atoms with Crippen LogP contribution in [0.5, 0.6) is 0 Å². The van der Waals surface area contributed by atoms with E-state index in [-0.39, 0.29) is 0 Å². The van der Waals surface area contributed by atoms with E-state index in [0.717, 1.165) is 32.1 Å². The lowest BCUT2D eigenvalue weighted by Gasteiger charge is -2.37. The maximum Gasteiger partial charge on any atom is 0.174 e. The van der Waals surface area contributed by atoms with Gasteiger partial charge in [-0.3, -0.25) is 4.90 Å². The van der Waals surface area contributed by atoms with E-state index in [2.05, 4.69) is 42.3 Å². The Morgan fingerprint density at radius 2 is 1.81 bits per heavy atom. The van der Waals surface area contributed by atoms with Crippen molar-refractivity contribution in [3.63, 3.8) is 0 Å². The van der Waals surface area contributed by atoms with E-state index in [4.69, 9.17) is 12.2 Å². The minimum absolute atomic E-state index is 0.333. The van der Waals surface area contributed by atoms with Gasteiger partial charge >= 0.3 is 0 Å².